The van der Waals surface area contributed by atoms with E-state index in [9.17, 15) is 8.42 Å². The van der Waals surface area contributed by atoms with Gasteiger partial charge in [0.25, 0.3) is 0 Å². The molecule has 1 atom stereocenters. The highest BCUT2D eigenvalue weighted by Gasteiger charge is 2.10. The molecule has 0 aliphatic heterocycles. The number of nitrogens with two attached hydrogens (primary N) is 1. The standard InChI is InChI=1S/C8H19NO4S/c1-3-12-4-5-13-6-8(2)7-14(9,10)11/h8H,3-7H2,1-2H3,(H2,9,10,11). The average Bonchev–Trinajstić information content (AvgIpc) is 2.00. The molecule has 0 amide bonds. The van der Waals surface area contributed by atoms with Crippen molar-refractivity contribution in [2.45, 2.75) is 13.8 Å². The van der Waals surface area contributed by atoms with Gasteiger partial charge in [0.1, 0.15) is 0 Å². The van der Waals surface area contributed by atoms with E-state index in [1.165, 1.54) is 0 Å². The van der Waals surface area contributed by atoms with Gasteiger partial charge in [0.2, 0.25) is 10.0 Å². The highest BCUT2D eigenvalue weighted by atomic mass is 32.2. The Bertz CT molecular complexity index is 227. The van der Waals surface area contributed by atoms with Crippen molar-refractivity contribution >= 4 is 10.0 Å². The average molecular weight is 225 g/mol. The molecule has 0 fully saturated rings. The van der Waals surface area contributed by atoms with Crippen molar-refractivity contribution in [3.05, 3.63) is 0 Å². The summed E-state index contributed by atoms with van der Waals surface area (Å²) in [5.74, 6) is -0.117. The van der Waals surface area contributed by atoms with E-state index in [2.05, 4.69) is 0 Å². The molecule has 0 heterocycles. The fourth-order valence-electron chi connectivity index (χ4n) is 0.991. The van der Waals surface area contributed by atoms with E-state index < -0.39 is 10.0 Å². The fourth-order valence-corrected chi connectivity index (χ4v) is 1.88. The zero-order chi connectivity index (χ0) is 11.0. The van der Waals surface area contributed by atoms with Gasteiger partial charge in [-0.2, -0.15) is 0 Å². The summed E-state index contributed by atoms with van der Waals surface area (Å²) >= 11 is 0. The van der Waals surface area contributed by atoms with Gasteiger partial charge in [0.05, 0.1) is 25.6 Å². The first kappa shape index (κ1) is 13.8. The van der Waals surface area contributed by atoms with Crippen LogP contribution in [0.15, 0.2) is 0 Å². The van der Waals surface area contributed by atoms with Crippen LogP contribution in [0.1, 0.15) is 13.8 Å². The molecule has 0 bridgehead atoms. The molecule has 0 rings (SSSR count). The predicted molar refractivity (Wildman–Crippen MR) is 54.5 cm³/mol. The lowest BCUT2D eigenvalue weighted by atomic mass is 10.2. The highest BCUT2D eigenvalue weighted by Crippen LogP contribution is 1.98. The number of ether oxygens (including phenoxy) is 2. The summed E-state index contributed by atoms with van der Waals surface area (Å²) in [5, 5.41) is 4.88. The first-order valence-corrected chi connectivity index (χ1v) is 6.33. The Morgan fingerprint density at radius 1 is 1.29 bits per heavy atom. The Kier molecular flexibility index (Phi) is 7.08. The van der Waals surface area contributed by atoms with Crippen LogP contribution in [0.2, 0.25) is 0 Å². The van der Waals surface area contributed by atoms with Crippen molar-refractivity contribution in [1.29, 1.82) is 0 Å². The second-order valence-electron chi connectivity index (χ2n) is 3.21. The van der Waals surface area contributed by atoms with Gasteiger partial charge in [0.15, 0.2) is 0 Å². The van der Waals surface area contributed by atoms with E-state index in [1.54, 1.807) is 6.92 Å². The largest absolute Gasteiger partial charge is 0.379 e. The molecule has 0 aromatic carbocycles. The summed E-state index contributed by atoms with van der Waals surface area (Å²) in [5.41, 5.74) is 0. The second-order valence-corrected chi connectivity index (χ2v) is 4.87. The molecule has 0 spiro atoms. The van der Waals surface area contributed by atoms with E-state index in [0.717, 1.165) is 0 Å². The van der Waals surface area contributed by atoms with E-state index in [-0.39, 0.29) is 11.7 Å². The predicted octanol–water partition coefficient (Wildman–Crippen LogP) is -0.0359. The van der Waals surface area contributed by atoms with Gasteiger partial charge in [-0.3, -0.25) is 0 Å². The highest BCUT2D eigenvalue weighted by molar-refractivity contribution is 7.89. The number of hydrogen-bond acceptors (Lipinski definition) is 4. The van der Waals surface area contributed by atoms with Crippen LogP contribution in [-0.2, 0) is 19.5 Å². The van der Waals surface area contributed by atoms with Gasteiger partial charge in [-0.15, -0.1) is 0 Å². The second kappa shape index (κ2) is 7.17. The lowest BCUT2D eigenvalue weighted by molar-refractivity contribution is 0.0425. The molecule has 0 aliphatic rings. The molecule has 0 saturated heterocycles. The van der Waals surface area contributed by atoms with E-state index in [4.69, 9.17) is 14.6 Å². The summed E-state index contributed by atoms with van der Waals surface area (Å²) in [6, 6.07) is 0. The Hall–Kier alpha value is -0.170. The van der Waals surface area contributed by atoms with E-state index >= 15 is 0 Å². The SMILES string of the molecule is CCOCCOCC(C)CS(N)(=O)=O. The van der Waals surface area contributed by atoms with Crippen LogP contribution in [0.3, 0.4) is 0 Å². The summed E-state index contributed by atoms with van der Waals surface area (Å²) < 4.78 is 31.6. The third-order valence-electron chi connectivity index (χ3n) is 1.50. The normalized spacial score (nSPS) is 14.2. The molecule has 0 radical (unpaired) electrons. The number of primary sulfonamides is 1. The van der Waals surface area contributed by atoms with Gasteiger partial charge in [-0.05, 0) is 12.8 Å². The van der Waals surface area contributed by atoms with Gasteiger partial charge >= 0.3 is 0 Å². The van der Waals surface area contributed by atoms with Crippen molar-refractivity contribution in [2.75, 3.05) is 32.2 Å². The summed E-state index contributed by atoms with van der Waals surface area (Å²) in [6.45, 7) is 5.77. The maximum absolute atomic E-state index is 10.7. The molecule has 2 N–H and O–H groups in total. The molecule has 0 aromatic heterocycles. The first-order chi connectivity index (χ1) is 6.45. The van der Waals surface area contributed by atoms with E-state index in [0.29, 0.717) is 26.4 Å². The molecular weight excluding hydrogens is 206 g/mol. The quantitative estimate of drug-likeness (QED) is 0.588. The smallest absolute Gasteiger partial charge is 0.209 e. The Balaban J connectivity index is 3.41. The van der Waals surface area contributed by atoms with Crippen molar-refractivity contribution in [3.63, 3.8) is 0 Å². The van der Waals surface area contributed by atoms with Crippen LogP contribution in [0.5, 0.6) is 0 Å². The van der Waals surface area contributed by atoms with Crippen LogP contribution in [0.25, 0.3) is 0 Å². The number of hydrogen-bond donors (Lipinski definition) is 1. The van der Waals surface area contributed by atoms with Crippen molar-refractivity contribution in [3.8, 4) is 0 Å². The zero-order valence-electron chi connectivity index (χ0n) is 8.73. The zero-order valence-corrected chi connectivity index (χ0v) is 9.55. The molecule has 0 saturated carbocycles. The molecule has 6 heteroatoms. The Morgan fingerprint density at radius 3 is 2.36 bits per heavy atom. The lowest BCUT2D eigenvalue weighted by Crippen LogP contribution is -2.24. The monoisotopic (exact) mass is 225 g/mol. The van der Waals surface area contributed by atoms with E-state index in [1.807, 2.05) is 6.92 Å². The summed E-state index contributed by atoms with van der Waals surface area (Å²) in [4.78, 5) is 0. The number of sulfonamides is 1. The number of rotatable bonds is 8. The third kappa shape index (κ3) is 9.91. The Labute approximate surface area is 85.6 Å². The van der Waals surface area contributed by atoms with Crippen LogP contribution < -0.4 is 5.14 Å². The molecule has 1 unspecified atom stereocenters. The summed E-state index contributed by atoms with van der Waals surface area (Å²) in [6.07, 6.45) is 0. The minimum absolute atomic E-state index is 0.0400. The summed E-state index contributed by atoms with van der Waals surface area (Å²) in [7, 11) is -3.38. The fraction of sp³-hybridized carbons (Fsp3) is 1.00. The molecule has 0 aliphatic carbocycles. The topological polar surface area (TPSA) is 78.6 Å². The van der Waals surface area contributed by atoms with Crippen molar-refractivity contribution in [1.82, 2.24) is 0 Å². The lowest BCUT2D eigenvalue weighted by Gasteiger charge is -2.10. The first-order valence-electron chi connectivity index (χ1n) is 4.61. The minimum Gasteiger partial charge on any atom is -0.379 e. The van der Waals surface area contributed by atoms with Gasteiger partial charge in [0, 0.05) is 6.61 Å². The maximum atomic E-state index is 10.7. The van der Waals surface area contributed by atoms with Crippen LogP contribution >= 0.6 is 0 Å². The maximum Gasteiger partial charge on any atom is 0.209 e. The van der Waals surface area contributed by atoms with Crippen molar-refractivity contribution < 1.29 is 17.9 Å². The molecule has 86 valence electrons. The van der Waals surface area contributed by atoms with Crippen LogP contribution in [0.4, 0.5) is 0 Å². The molecule has 14 heavy (non-hydrogen) atoms. The minimum atomic E-state index is -3.38. The molecule has 5 nitrogen and oxygen atoms in total. The van der Waals surface area contributed by atoms with Crippen LogP contribution in [-0.4, -0.2) is 40.6 Å². The Morgan fingerprint density at radius 2 is 1.86 bits per heavy atom. The third-order valence-corrected chi connectivity index (χ3v) is 2.53. The van der Waals surface area contributed by atoms with Crippen molar-refractivity contribution in [2.24, 2.45) is 11.1 Å². The van der Waals surface area contributed by atoms with Gasteiger partial charge in [-0.25, -0.2) is 13.6 Å². The molecular formula is C8H19NO4S. The van der Waals surface area contributed by atoms with Gasteiger partial charge < -0.3 is 9.47 Å². The molecule has 0 aromatic rings. The van der Waals surface area contributed by atoms with Gasteiger partial charge in [-0.1, -0.05) is 6.92 Å². The van der Waals surface area contributed by atoms with Crippen LogP contribution in [0, 0.1) is 5.92 Å².